The van der Waals surface area contributed by atoms with E-state index in [1.54, 1.807) is 0 Å². The van der Waals surface area contributed by atoms with Crippen molar-refractivity contribution in [2.24, 2.45) is 0 Å². The number of rotatable bonds is 3. The van der Waals surface area contributed by atoms with E-state index >= 15 is 0 Å². The van der Waals surface area contributed by atoms with E-state index in [1.165, 1.54) is 11.7 Å². The Labute approximate surface area is 73.7 Å². The third-order valence-electron chi connectivity index (χ3n) is 1.14. The topological polar surface area (TPSA) is 44.1 Å². The molecule has 1 aromatic heterocycles. The minimum Gasteiger partial charge on any atom is -0.364 e. The summed E-state index contributed by atoms with van der Waals surface area (Å²) in [6.45, 7) is 0.158. The predicted molar refractivity (Wildman–Crippen MR) is 42.3 cm³/mol. The Bertz CT molecular complexity index is 300. The lowest BCUT2D eigenvalue weighted by molar-refractivity contribution is 0.107. The van der Waals surface area contributed by atoms with Gasteiger partial charge in [0.25, 0.3) is 0 Å². The molecule has 0 radical (unpaired) electrons. The van der Waals surface area contributed by atoms with Crippen LogP contribution in [0.5, 0.6) is 0 Å². The minimum atomic E-state index is 0.00539. The molecule has 1 heterocycles. The summed E-state index contributed by atoms with van der Waals surface area (Å²) in [7, 11) is 1.49. The van der Waals surface area contributed by atoms with Crippen molar-refractivity contribution in [3.63, 3.8) is 0 Å². The molecule has 0 bridgehead atoms. The second kappa shape index (κ2) is 3.64. The molecule has 0 fully saturated rings. The zero-order valence-electron chi connectivity index (χ0n) is 6.87. The van der Waals surface area contributed by atoms with Gasteiger partial charge in [0.05, 0.1) is 6.30 Å². The third kappa shape index (κ3) is 1.66. The smallest absolute Gasteiger partial charge is 0.169 e. The molecule has 11 heavy (non-hydrogen) atoms. The average Bonchev–Trinajstić information content (AvgIpc) is 2.28. The number of carbonyl (C=O) groups is 1. The molecule has 0 aromatic carbocycles. The maximum absolute atomic E-state index is 10.5. The van der Waals surface area contributed by atoms with E-state index in [-0.39, 0.29) is 13.0 Å². The van der Waals surface area contributed by atoms with Gasteiger partial charge in [-0.05, 0) is 15.9 Å². The van der Waals surface area contributed by atoms with E-state index in [0.29, 0.717) is 16.6 Å². The van der Waals surface area contributed by atoms with Crippen molar-refractivity contribution in [2.45, 2.75) is 6.73 Å². The largest absolute Gasteiger partial charge is 0.364 e. The van der Waals surface area contributed by atoms with Gasteiger partial charge in [-0.3, -0.25) is 4.79 Å². The Morgan fingerprint density at radius 3 is 3.36 bits per heavy atom. The van der Waals surface area contributed by atoms with Crippen molar-refractivity contribution in [1.29, 1.82) is 0 Å². The lowest BCUT2D eigenvalue weighted by Crippen LogP contribution is -2.02. The first-order valence-corrected chi connectivity index (χ1v) is 3.66. The zero-order valence-corrected chi connectivity index (χ0v) is 7.46. The van der Waals surface area contributed by atoms with Crippen molar-refractivity contribution in [3.8, 4) is 0 Å². The van der Waals surface area contributed by atoms with E-state index in [0.717, 1.165) is 0 Å². The molecule has 0 aliphatic rings. The van der Waals surface area contributed by atoms with Gasteiger partial charge in [0.15, 0.2) is 6.29 Å². The molecule has 1 aromatic rings. The van der Waals surface area contributed by atoms with Gasteiger partial charge < -0.3 is 9.30 Å². The van der Waals surface area contributed by atoms with E-state index in [2.05, 4.69) is 20.9 Å². The van der Waals surface area contributed by atoms with E-state index < -0.39 is 0 Å². The van der Waals surface area contributed by atoms with Crippen LogP contribution in [0.3, 0.4) is 0 Å². The number of halogens is 1. The van der Waals surface area contributed by atoms with Gasteiger partial charge in [-0.2, -0.15) is 0 Å². The molecule has 0 saturated heterocycles. The van der Waals surface area contributed by atoms with Crippen molar-refractivity contribution < 1.29 is 10.9 Å². The van der Waals surface area contributed by atoms with Gasteiger partial charge in [0.1, 0.15) is 18.4 Å². The molecule has 0 unspecified atom stereocenters. The number of nitrogens with zero attached hydrogens (tertiary/aromatic N) is 2. The number of ether oxygens (including phenoxy) is 1. The van der Waals surface area contributed by atoms with Crippen LogP contribution in [-0.2, 0) is 11.5 Å². The molecule has 0 aliphatic heterocycles. The average molecular weight is 220 g/mol. The van der Waals surface area contributed by atoms with E-state index in [1.807, 2.05) is 0 Å². The predicted octanol–water partition coefficient (Wildman–Crippen LogP) is 1.06. The Kier molecular flexibility index (Phi) is 2.31. The molecule has 0 atom stereocenters. The van der Waals surface area contributed by atoms with Crippen molar-refractivity contribution in [3.05, 3.63) is 16.6 Å². The molecule has 0 amide bonds. The lowest BCUT2D eigenvalue weighted by atomic mass is 10.5. The second-order valence-corrected chi connectivity index (χ2v) is 2.60. The van der Waals surface area contributed by atoms with Gasteiger partial charge >= 0.3 is 0 Å². The summed E-state index contributed by atoms with van der Waals surface area (Å²) in [5.74, 6) is 0. The molecule has 0 saturated carbocycles. The van der Waals surface area contributed by atoms with Crippen LogP contribution in [0.15, 0.2) is 10.9 Å². The molecule has 60 valence electrons. The summed E-state index contributed by atoms with van der Waals surface area (Å²) in [6, 6.07) is 0. The van der Waals surface area contributed by atoms with Crippen LogP contribution in [0.4, 0.5) is 0 Å². The van der Waals surface area contributed by atoms with Gasteiger partial charge in [-0.15, -0.1) is 0 Å². The van der Waals surface area contributed by atoms with Gasteiger partial charge in [0.2, 0.25) is 0 Å². The Morgan fingerprint density at radius 1 is 2.09 bits per heavy atom. The minimum absolute atomic E-state index is 0.00539. The molecular weight excluding hydrogens is 212 g/mol. The maximum atomic E-state index is 10.5. The van der Waals surface area contributed by atoms with Crippen LogP contribution < -0.4 is 0 Å². The highest BCUT2D eigenvalue weighted by Crippen LogP contribution is 2.11. The maximum Gasteiger partial charge on any atom is 0.169 e. The lowest BCUT2D eigenvalue weighted by Gasteiger charge is -2.00. The van der Waals surface area contributed by atoms with Crippen LogP contribution >= 0.6 is 15.9 Å². The summed E-state index contributed by atoms with van der Waals surface area (Å²) in [6.07, 6.45) is 0.638. The Balaban J connectivity index is 3.13. The summed E-state index contributed by atoms with van der Waals surface area (Å²) in [4.78, 5) is 14.2. The first-order valence-electron chi connectivity index (χ1n) is 3.37. The van der Waals surface area contributed by atoms with E-state index in [4.69, 9.17) is 6.11 Å². The standard InChI is InChI=1S/C6H7BrN2O2/c1-11-4-9-3-8-6(7)5(9)2-10/h2-3H,4H2,1H3/i3D. The fourth-order valence-electron chi connectivity index (χ4n) is 0.667. The van der Waals surface area contributed by atoms with Gasteiger partial charge in [0, 0.05) is 7.11 Å². The summed E-state index contributed by atoms with van der Waals surface area (Å²) < 4.78 is 13.8. The molecule has 0 aliphatic carbocycles. The Hall–Kier alpha value is -0.680. The molecule has 0 spiro atoms. The molecule has 5 heteroatoms. The third-order valence-corrected chi connectivity index (χ3v) is 1.72. The zero-order chi connectivity index (χ0) is 9.14. The van der Waals surface area contributed by atoms with Crippen molar-refractivity contribution in [1.82, 2.24) is 9.55 Å². The molecule has 4 nitrogen and oxygen atoms in total. The van der Waals surface area contributed by atoms with Crippen molar-refractivity contribution in [2.75, 3.05) is 7.11 Å². The quantitative estimate of drug-likeness (QED) is 0.715. The highest BCUT2D eigenvalue weighted by Gasteiger charge is 2.05. The summed E-state index contributed by atoms with van der Waals surface area (Å²) >= 11 is 3.06. The normalized spacial score (nSPS) is 11.3. The monoisotopic (exact) mass is 219 g/mol. The van der Waals surface area contributed by atoms with E-state index in [9.17, 15) is 4.79 Å². The van der Waals surface area contributed by atoms with Crippen LogP contribution in [-0.4, -0.2) is 22.9 Å². The molecular formula is C6H7BrN2O2. The number of imidazole rings is 1. The van der Waals surface area contributed by atoms with Gasteiger partial charge in [-0.25, -0.2) is 4.98 Å². The van der Waals surface area contributed by atoms with Crippen molar-refractivity contribution >= 4 is 22.2 Å². The first kappa shape index (κ1) is 7.00. The summed E-state index contributed by atoms with van der Waals surface area (Å²) in [5, 5.41) is 0. The number of methoxy groups -OCH3 is 1. The first-order chi connectivity index (χ1) is 5.70. The number of hydrogen-bond donors (Lipinski definition) is 0. The molecule has 0 N–H and O–H groups in total. The number of hydrogen-bond acceptors (Lipinski definition) is 3. The fourth-order valence-corrected chi connectivity index (χ4v) is 1.05. The summed E-state index contributed by atoms with van der Waals surface area (Å²) in [5.41, 5.74) is 0.321. The van der Waals surface area contributed by atoms with Crippen LogP contribution in [0.2, 0.25) is 0 Å². The van der Waals surface area contributed by atoms with Crippen LogP contribution in [0.1, 0.15) is 11.9 Å². The van der Waals surface area contributed by atoms with Crippen LogP contribution in [0, 0.1) is 0 Å². The number of carbonyl (C=O) groups excluding carboxylic acids is 1. The Morgan fingerprint density at radius 2 is 2.82 bits per heavy atom. The van der Waals surface area contributed by atoms with Crippen LogP contribution in [0.25, 0.3) is 0 Å². The fraction of sp³-hybridized carbons (Fsp3) is 0.333. The molecule has 1 rings (SSSR count). The van der Waals surface area contributed by atoms with Gasteiger partial charge in [-0.1, -0.05) is 0 Å². The highest BCUT2D eigenvalue weighted by atomic mass is 79.9. The SMILES string of the molecule is [2H]c1nc(Br)c(C=O)n1COC. The highest BCUT2D eigenvalue weighted by molar-refractivity contribution is 9.10. The number of aromatic nitrogens is 2. The number of aldehydes is 1. The second-order valence-electron chi connectivity index (χ2n) is 1.85.